The Labute approximate surface area is 195 Å². The van der Waals surface area contributed by atoms with E-state index in [1.54, 1.807) is 42.4 Å². The number of hydrogen-bond acceptors (Lipinski definition) is 6. The van der Waals surface area contributed by atoms with E-state index in [0.29, 0.717) is 24.6 Å². The number of urea groups is 1. The van der Waals surface area contributed by atoms with Crippen LogP contribution in [0.2, 0.25) is 0 Å². The van der Waals surface area contributed by atoms with Crippen LogP contribution in [-0.2, 0) is 4.79 Å². The van der Waals surface area contributed by atoms with Crippen molar-refractivity contribution in [3.8, 4) is 11.5 Å². The fourth-order valence-corrected chi connectivity index (χ4v) is 3.81. The highest BCUT2D eigenvalue weighted by Gasteiger charge is 2.27. The summed E-state index contributed by atoms with van der Waals surface area (Å²) in [6, 6.07) is 8.37. The predicted octanol–water partition coefficient (Wildman–Crippen LogP) is 2.12. The van der Waals surface area contributed by atoms with Gasteiger partial charge in [-0.25, -0.2) is 14.6 Å². The fourth-order valence-electron chi connectivity index (χ4n) is 3.81. The number of nitrogens with zero attached hydrogens (tertiary/aromatic N) is 3. The van der Waals surface area contributed by atoms with Crippen LogP contribution in [0.25, 0.3) is 10.9 Å². The summed E-state index contributed by atoms with van der Waals surface area (Å²) >= 11 is 0. The number of aliphatic hydroxyl groups is 1. The van der Waals surface area contributed by atoms with E-state index in [-0.39, 0.29) is 17.8 Å². The molecule has 0 spiro atoms. The smallest absolute Gasteiger partial charge is 0.325 e. The highest BCUT2D eigenvalue weighted by atomic mass is 16.5. The topological polar surface area (TPSA) is 138 Å². The number of aliphatic hydroxyl groups excluding tert-OH is 1. The highest BCUT2D eigenvalue weighted by Crippen LogP contribution is 2.27. The number of carbonyl (C=O) groups is 3. The second-order valence-corrected chi connectivity index (χ2v) is 7.81. The average molecular weight is 466 g/mol. The minimum atomic E-state index is -1.02. The molecule has 4 N–H and O–H groups in total. The molecule has 1 aromatic carbocycles. The summed E-state index contributed by atoms with van der Waals surface area (Å²) < 4.78 is 7.39. The molecule has 4 rings (SSSR count). The predicted molar refractivity (Wildman–Crippen MR) is 125 cm³/mol. The van der Waals surface area contributed by atoms with Crippen molar-refractivity contribution in [1.29, 1.82) is 0 Å². The van der Waals surface area contributed by atoms with Gasteiger partial charge in [-0.3, -0.25) is 14.7 Å². The van der Waals surface area contributed by atoms with Gasteiger partial charge in [-0.05, 0) is 43.2 Å². The normalized spacial score (nSPS) is 14.0. The van der Waals surface area contributed by atoms with Gasteiger partial charge in [-0.2, -0.15) is 0 Å². The second-order valence-electron chi connectivity index (χ2n) is 7.81. The maximum atomic E-state index is 12.4. The van der Waals surface area contributed by atoms with Crippen LogP contribution < -0.4 is 20.7 Å². The van der Waals surface area contributed by atoms with Crippen molar-refractivity contribution in [1.82, 2.24) is 25.1 Å². The molecular formula is C23H26N6O5. The van der Waals surface area contributed by atoms with Gasteiger partial charge in [-0.1, -0.05) is 0 Å². The number of amides is 4. The van der Waals surface area contributed by atoms with Crippen molar-refractivity contribution < 1.29 is 24.2 Å². The van der Waals surface area contributed by atoms with Crippen LogP contribution in [-0.4, -0.2) is 70.3 Å². The van der Waals surface area contributed by atoms with Crippen molar-refractivity contribution >= 4 is 34.7 Å². The summed E-state index contributed by atoms with van der Waals surface area (Å²) in [5.74, 6) is 0.885. The Morgan fingerprint density at radius 3 is 2.62 bits per heavy atom. The summed E-state index contributed by atoms with van der Waals surface area (Å²) in [5.41, 5.74) is 0.738. The summed E-state index contributed by atoms with van der Waals surface area (Å²) in [4.78, 5) is 42.5. The third-order valence-corrected chi connectivity index (χ3v) is 5.51. The molecule has 0 saturated carbocycles. The van der Waals surface area contributed by atoms with Gasteiger partial charge in [0.2, 0.25) is 5.91 Å². The van der Waals surface area contributed by atoms with Crippen LogP contribution in [0, 0.1) is 0 Å². The van der Waals surface area contributed by atoms with Gasteiger partial charge in [-0.15, -0.1) is 0 Å². The molecule has 3 aromatic rings. The zero-order chi connectivity index (χ0) is 24.1. The first kappa shape index (κ1) is 23.1. The molecule has 1 aliphatic rings. The molecule has 1 saturated heterocycles. The number of rotatable bonds is 6. The van der Waals surface area contributed by atoms with Gasteiger partial charge in [0, 0.05) is 44.0 Å². The molecule has 1 unspecified atom stereocenters. The van der Waals surface area contributed by atoms with E-state index in [0.717, 1.165) is 23.7 Å². The first-order valence-electron chi connectivity index (χ1n) is 10.9. The largest absolute Gasteiger partial charge is 0.457 e. The molecule has 1 fully saturated rings. The Kier molecular flexibility index (Phi) is 6.93. The standard InChI is InChI=1S/C23H26N6O5/c1-24-23(33)29-11-7-15-12-16(4-5-19(15)29)34-17-6-8-25-20(13-17)27-22(32)26-18(14-30)21(31)28-9-2-3-10-28/h4-8,11-13,18,30H,2-3,9-10,14H2,1H3,(H,24,33)(H2,25,26,27,32). The van der Waals surface area contributed by atoms with E-state index in [1.807, 2.05) is 6.07 Å². The first-order chi connectivity index (χ1) is 16.5. The van der Waals surface area contributed by atoms with Crippen LogP contribution in [0.1, 0.15) is 12.8 Å². The van der Waals surface area contributed by atoms with Crippen molar-refractivity contribution in [3.63, 3.8) is 0 Å². The lowest BCUT2D eigenvalue weighted by Crippen LogP contribution is -2.50. The summed E-state index contributed by atoms with van der Waals surface area (Å²) in [5, 5.41) is 18.0. The molecule has 3 heterocycles. The lowest BCUT2D eigenvalue weighted by Gasteiger charge is -2.22. The van der Waals surface area contributed by atoms with E-state index in [2.05, 4.69) is 20.9 Å². The maximum absolute atomic E-state index is 12.4. The summed E-state index contributed by atoms with van der Waals surface area (Å²) in [6.07, 6.45) is 4.98. The number of carbonyl (C=O) groups excluding carboxylic acids is 3. The Morgan fingerprint density at radius 2 is 1.88 bits per heavy atom. The number of likely N-dealkylation sites (tertiary alicyclic amines) is 1. The lowest BCUT2D eigenvalue weighted by atomic mass is 10.2. The molecule has 178 valence electrons. The van der Waals surface area contributed by atoms with E-state index < -0.39 is 18.7 Å². The average Bonchev–Trinajstić information content (AvgIpc) is 3.52. The van der Waals surface area contributed by atoms with Gasteiger partial charge < -0.3 is 25.4 Å². The van der Waals surface area contributed by atoms with Gasteiger partial charge >= 0.3 is 12.1 Å². The van der Waals surface area contributed by atoms with Crippen molar-refractivity contribution in [3.05, 3.63) is 48.8 Å². The summed E-state index contributed by atoms with van der Waals surface area (Å²) in [7, 11) is 1.57. The fraction of sp³-hybridized carbons (Fsp3) is 0.304. The van der Waals surface area contributed by atoms with E-state index >= 15 is 0 Å². The molecule has 1 atom stereocenters. The van der Waals surface area contributed by atoms with E-state index in [9.17, 15) is 19.5 Å². The SMILES string of the molecule is CNC(=O)n1ccc2cc(Oc3ccnc(NC(=O)NC(CO)C(=O)N4CCCC4)c3)ccc21. The third-order valence-electron chi connectivity index (χ3n) is 5.51. The number of anilines is 1. The number of ether oxygens (including phenoxy) is 1. The molecule has 11 heteroatoms. The van der Waals surface area contributed by atoms with Crippen LogP contribution in [0.5, 0.6) is 11.5 Å². The van der Waals surface area contributed by atoms with Crippen molar-refractivity contribution in [2.24, 2.45) is 0 Å². The zero-order valence-electron chi connectivity index (χ0n) is 18.7. The molecule has 4 amide bonds. The minimum absolute atomic E-state index is 0.215. The molecule has 0 bridgehead atoms. The molecule has 1 aliphatic heterocycles. The molecule has 0 aliphatic carbocycles. The molecule has 0 radical (unpaired) electrons. The first-order valence-corrected chi connectivity index (χ1v) is 10.9. The number of aromatic nitrogens is 2. The second kappa shape index (κ2) is 10.2. The Morgan fingerprint density at radius 1 is 1.12 bits per heavy atom. The van der Waals surface area contributed by atoms with E-state index in [1.165, 1.54) is 16.8 Å². The minimum Gasteiger partial charge on any atom is -0.457 e. The Bertz CT molecular complexity index is 1200. The van der Waals surface area contributed by atoms with E-state index in [4.69, 9.17) is 4.74 Å². The molecular weight excluding hydrogens is 440 g/mol. The van der Waals surface area contributed by atoms with Crippen molar-refractivity contribution in [2.75, 3.05) is 32.1 Å². The number of benzene rings is 1. The van der Waals surface area contributed by atoms with Crippen LogP contribution in [0.15, 0.2) is 48.8 Å². The maximum Gasteiger partial charge on any atom is 0.325 e. The lowest BCUT2D eigenvalue weighted by molar-refractivity contribution is -0.133. The Hall–Kier alpha value is -4.12. The van der Waals surface area contributed by atoms with Gasteiger partial charge in [0.25, 0.3) is 0 Å². The number of pyridine rings is 1. The molecule has 34 heavy (non-hydrogen) atoms. The van der Waals surface area contributed by atoms with Gasteiger partial charge in [0.15, 0.2) is 0 Å². The number of hydrogen-bond donors (Lipinski definition) is 4. The van der Waals surface area contributed by atoms with Crippen molar-refractivity contribution in [2.45, 2.75) is 18.9 Å². The van der Waals surface area contributed by atoms with Crippen LogP contribution in [0.4, 0.5) is 15.4 Å². The van der Waals surface area contributed by atoms with Gasteiger partial charge in [0.05, 0.1) is 12.1 Å². The van der Waals surface area contributed by atoms with Crippen LogP contribution >= 0.6 is 0 Å². The van der Waals surface area contributed by atoms with Crippen LogP contribution in [0.3, 0.4) is 0 Å². The zero-order valence-corrected chi connectivity index (χ0v) is 18.7. The summed E-state index contributed by atoms with van der Waals surface area (Å²) in [6.45, 7) is 0.757. The quantitative estimate of drug-likeness (QED) is 0.439. The highest BCUT2D eigenvalue weighted by molar-refractivity contribution is 5.94. The number of fused-ring (bicyclic) bond motifs is 1. The molecule has 2 aromatic heterocycles. The van der Waals surface area contributed by atoms with Gasteiger partial charge in [0.1, 0.15) is 23.4 Å². The monoisotopic (exact) mass is 466 g/mol. The third kappa shape index (κ3) is 5.09. The Balaban J connectivity index is 1.40. The number of nitrogens with one attached hydrogen (secondary N) is 3. The molecule has 11 nitrogen and oxygen atoms in total.